The predicted octanol–water partition coefficient (Wildman–Crippen LogP) is 0.751. The molecular formula is C12H17NO3S. The summed E-state index contributed by atoms with van der Waals surface area (Å²) in [6.07, 6.45) is 1.34. The standard InChI is InChI=1S/C12H17NO3S/c13-11-5-2-1-4-10(11)8-12(14)6-3-7-17(15,16)9-12/h1-2,4-5,14H,3,6-9,13H2. The smallest absolute Gasteiger partial charge is 0.153 e. The molecule has 0 aliphatic carbocycles. The van der Waals surface area contributed by atoms with Gasteiger partial charge in [-0.05, 0) is 24.5 Å². The molecule has 1 fully saturated rings. The van der Waals surface area contributed by atoms with E-state index in [0.717, 1.165) is 5.56 Å². The fourth-order valence-electron chi connectivity index (χ4n) is 2.36. The summed E-state index contributed by atoms with van der Waals surface area (Å²) in [6.45, 7) is 0. The molecule has 0 radical (unpaired) electrons. The van der Waals surface area contributed by atoms with Crippen LogP contribution in [0.15, 0.2) is 24.3 Å². The van der Waals surface area contributed by atoms with Crippen molar-refractivity contribution in [2.75, 3.05) is 17.2 Å². The fourth-order valence-corrected chi connectivity index (χ4v) is 4.16. The van der Waals surface area contributed by atoms with Crippen LogP contribution in [0.25, 0.3) is 0 Å². The molecule has 3 N–H and O–H groups in total. The summed E-state index contributed by atoms with van der Waals surface area (Å²) in [5, 5.41) is 10.4. The highest BCUT2D eigenvalue weighted by molar-refractivity contribution is 7.91. The van der Waals surface area contributed by atoms with Gasteiger partial charge in [0.15, 0.2) is 9.84 Å². The Morgan fingerprint density at radius 1 is 1.35 bits per heavy atom. The van der Waals surface area contributed by atoms with Gasteiger partial charge in [-0.3, -0.25) is 0 Å². The minimum Gasteiger partial charge on any atom is -0.399 e. The van der Waals surface area contributed by atoms with Crippen LogP contribution in [0, 0.1) is 0 Å². The number of hydrogen-bond donors (Lipinski definition) is 2. The van der Waals surface area contributed by atoms with E-state index in [2.05, 4.69) is 0 Å². The summed E-state index contributed by atoms with van der Waals surface area (Å²) in [5.74, 6) is 0.0217. The molecule has 4 nitrogen and oxygen atoms in total. The number of anilines is 1. The average Bonchev–Trinajstić information content (AvgIpc) is 2.19. The Balaban J connectivity index is 2.20. The van der Waals surface area contributed by atoms with E-state index in [1.807, 2.05) is 18.2 Å². The quantitative estimate of drug-likeness (QED) is 0.764. The van der Waals surface area contributed by atoms with Gasteiger partial charge in [-0.1, -0.05) is 18.2 Å². The zero-order chi connectivity index (χ0) is 12.5. The summed E-state index contributed by atoms with van der Waals surface area (Å²) >= 11 is 0. The van der Waals surface area contributed by atoms with Crippen molar-refractivity contribution in [1.82, 2.24) is 0 Å². The lowest BCUT2D eigenvalue weighted by Crippen LogP contribution is -2.44. The molecule has 1 aliphatic rings. The van der Waals surface area contributed by atoms with Crippen LogP contribution in [0.1, 0.15) is 18.4 Å². The van der Waals surface area contributed by atoms with Crippen LogP contribution in [-0.4, -0.2) is 30.6 Å². The predicted molar refractivity (Wildman–Crippen MR) is 67.4 cm³/mol. The highest BCUT2D eigenvalue weighted by Gasteiger charge is 2.37. The third-order valence-corrected chi connectivity index (χ3v) is 5.05. The summed E-state index contributed by atoms with van der Waals surface area (Å²) in [7, 11) is -3.11. The number of hydrogen-bond acceptors (Lipinski definition) is 4. The first kappa shape index (κ1) is 12.4. The molecule has 1 aromatic carbocycles. The third-order valence-electron chi connectivity index (χ3n) is 3.16. The molecule has 0 saturated carbocycles. The number of rotatable bonds is 2. The minimum atomic E-state index is -3.11. The van der Waals surface area contributed by atoms with E-state index in [1.165, 1.54) is 0 Å². The summed E-state index contributed by atoms with van der Waals surface area (Å²) < 4.78 is 23.1. The van der Waals surface area contributed by atoms with Crippen molar-refractivity contribution < 1.29 is 13.5 Å². The van der Waals surface area contributed by atoms with Crippen molar-refractivity contribution in [2.24, 2.45) is 0 Å². The van der Waals surface area contributed by atoms with Gasteiger partial charge in [0.2, 0.25) is 0 Å². The fraction of sp³-hybridized carbons (Fsp3) is 0.500. The van der Waals surface area contributed by atoms with E-state index in [0.29, 0.717) is 24.9 Å². The first-order valence-corrected chi connectivity index (χ1v) is 7.49. The lowest BCUT2D eigenvalue weighted by molar-refractivity contribution is 0.0504. The van der Waals surface area contributed by atoms with Crippen LogP contribution in [0.5, 0.6) is 0 Å². The third kappa shape index (κ3) is 2.98. The average molecular weight is 255 g/mol. The van der Waals surface area contributed by atoms with E-state index < -0.39 is 15.4 Å². The Hall–Kier alpha value is -1.07. The van der Waals surface area contributed by atoms with Gasteiger partial charge < -0.3 is 10.8 Å². The van der Waals surface area contributed by atoms with Gasteiger partial charge >= 0.3 is 0 Å². The summed E-state index contributed by atoms with van der Waals surface area (Å²) in [6, 6.07) is 7.25. The Kier molecular flexibility index (Phi) is 3.14. The van der Waals surface area contributed by atoms with E-state index in [1.54, 1.807) is 6.07 Å². The van der Waals surface area contributed by atoms with Crippen molar-refractivity contribution in [3.8, 4) is 0 Å². The first-order chi connectivity index (χ1) is 7.90. The first-order valence-electron chi connectivity index (χ1n) is 5.66. The molecule has 1 saturated heterocycles. The molecule has 94 valence electrons. The van der Waals surface area contributed by atoms with Gasteiger partial charge in [0.25, 0.3) is 0 Å². The molecule has 2 rings (SSSR count). The number of nitrogens with two attached hydrogens (primary N) is 1. The minimum absolute atomic E-state index is 0.158. The molecule has 17 heavy (non-hydrogen) atoms. The Bertz CT molecular complexity index is 512. The van der Waals surface area contributed by atoms with E-state index in [4.69, 9.17) is 5.73 Å². The number of benzene rings is 1. The highest BCUT2D eigenvalue weighted by Crippen LogP contribution is 2.28. The second kappa shape index (κ2) is 4.31. The van der Waals surface area contributed by atoms with E-state index >= 15 is 0 Å². The maximum Gasteiger partial charge on any atom is 0.153 e. The molecule has 1 aromatic rings. The summed E-state index contributed by atoms with van der Waals surface area (Å²) in [5.41, 5.74) is 6.06. The number of para-hydroxylation sites is 1. The van der Waals surface area contributed by atoms with Gasteiger partial charge in [0, 0.05) is 12.1 Å². The lowest BCUT2D eigenvalue weighted by Gasteiger charge is -2.32. The van der Waals surface area contributed by atoms with Crippen molar-refractivity contribution >= 4 is 15.5 Å². The topological polar surface area (TPSA) is 80.4 Å². The van der Waals surface area contributed by atoms with Gasteiger partial charge in [0.05, 0.1) is 17.1 Å². The molecule has 0 bridgehead atoms. The zero-order valence-corrected chi connectivity index (χ0v) is 10.4. The Morgan fingerprint density at radius 2 is 2.06 bits per heavy atom. The monoisotopic (exact) mass is 255 g/mol. The van der Waals surface area contributed by atoms with Crippen LogP contribution in [0.4, 0.5) is 5.69 Å². The molecule has 5 heteroatoms. The Labute approximate surface area is 101 Å². The van der Waals surface area contributed by atoms with Crippen LogP contribution in [0.2, 0.25) is 0 Å². The van der Waals surface area contributed by atoms with Gasteiger partial charge in [0.1, 0.15) is 0 Å². The van der Waals surface area contributed by atoms with E-state index in [9.17, 15) is 13.5 Å². The second-order valence-corrected chi connectivity index (χ2v) is 6.98. The Morgan fingerprint density at radius 3 is 2.71 bits per heavy atom. The molecule has 0 amide bonds. The zero-order valence-electron chi connectivity index (χ0n) is 9.59. The van der Waals surface area contributed by atoms with Crippen LogP contribution in [-0.2, 0) is 16.3 Å². The van der Waals surface area contributed by atoms with Crippen LogP contribution in [0.3, 0.4) is 0 Å². The van der Waals surface area contributed by atoms with Crippen molar-refractivity contribution in [3.05, 3.63) is 29.8 Å². The maximum atomic E-state index is 11.6. The van der Waals surface area contributed by atoms with Crippen molar-refractivity contribution in [1.29, 1.82) is 0 Å². The van der Waals surface area contributed by atoms with Gasteiger partial charge in [-0.2, -0.15) is 0 Å². The number of aliphatic hydroxyl groups is 1. The maximum absolute atomic E-state index is 11.6. The second-order valence-electron chi connectivity index (χ2n) is 4.80. The largest absolute Gasteiger partial charge is 0.399 e. The molecule has 1 aliphatic heterocycles. The molecule has 1 atom stereocenters. The summed E-state index contributed by atoms with van der Waals surface area (Å²) in [4.78, 5) is 0. The number of sulfone groups is 1. The lowest BCUT2D eigenvalue weighted by atomic mass is 9.91. The van der Waals surface area contributed by atoms with Crippen LogP contribution < -0.4 is 5.73 Å². The molecule has 0 spiro atoms. The normalized spacial score (nSPS) is 27.8. The highest BCUT2D eigenvalue weighted by atomic mass is 32.2. The molecule has 0 aromatic heterocycles. The van der Waals surface area contributed by atoms with Gasteiger partial charge in [-0.15, -0.1) is 0 Å². The molecule has 1 unspecified atom stereocenters. The molecular weight excluding hydrogens is 238 g/mol. The SMILES string of the molecule is Nc1ccccc1CC1(O)CCCS(=O)(=O)C1. The number of nitrogen functional groups attached to an aromatic ring is 1. The molecule has 1 heterocycles. The van der Waals surface area contributed by atoms with Gasteiger partial charge in [-0.25, -0.2) is 8.42 Å². The van der Waals surface area contributed by atoms with Crippen molar-refractivity contribution in [3.63, 3.8) is 0 Å². The van der Waals surface area contributed by atoms with E-state index in [-0.39, 0.29) is 11.5 Å². The van der Waals surface area contributed by atoms with Crippen molar-refractivity contribution in [2.45, 2.75) is 24.9 Å². The van der Waals surface area contributed by atoms with Crippen LogP contribution >= 0.6 is 0 Å².